The van der Waals surface area contributed by atoms with E-state index < -0.39 is 0 Å². The van der Waals surface area contributed by atoms with Crippen LogP contribution in [0.15, 0.2) is 72.8 Å². The number of methoxy groups -OCH3 is 1. The van der Waals surface area contributed by atoms with Gasteiger partial charge in [0.15, 0.2) is 0 Å². The fraction of sp³-hybridized carbons (Fsp3) is 0.400. The van der Waals surface area contributed by atoms with Crippen LogP contribution in [0.25, 0.3) is 0 Å². The summed E-state index contributed by atoms with van der Waals surface area (Å²) in [5.41, 5.74) is 6.39. The smallest absolute Gasteiger partial charge is 0.119 e. The summed E-state index contributed by atoms with van der Waals surface area (Å²) in [6, 6.07) is 26.4. The van der Waals surface area contributed by atoms with Gasteiger partial charge in [-0.3, -0.25) is 4.90 Å². The Morgan fingerprint density at radius 2 is 1.36 bits per heavy atom. The molecule has 0 N–H and O–H groups in total. The van der Waals surface area contributed by atoms with Crippen LogP contribution in [0.2, 0.25) is 0 Å². The first-order valence-corrected chi connectivity index (χ1v) is 13.0. The number of rotatable bonds is 9. The SMILES string of the molecule is COc1cccc(CN(Cc2cccc(N3CCOCC3)c2)c2cccc(CN3CCOCC3)c2)c1. The monoisotopic (exact) mass is 487 g/mol. The van der Waals surface area contributed by atoms with Gasteiger partial charge in [-0.2, -0.15) is 0 Å². The van der Waals surface area contributed by atoms with Gasteiger partial charge in [0.2, 0.25) is 0 Å². The Labute approximate surface area is 215 Å². The molecule has 0 atom stereocenters. The number of morpholine rings is 2. The Balaban J connectivity index is 1.39. The molecular weight excluding hydrogens is 450 g/mol. The van der Waals surface area contributed by atoms with Crippen molar-refractivity contribution in [3.63, 3.8) is 0 Å². The van der Waals surface area contributed by atoms with Crippen LogP contribution in [-0.4, -0.2) is 64.6 Å². The van der Waals surface area contributed by atoms with Gasteiger partial charge in [-0.1, -0.05) is 36.4 Å². The molecule has 2 aliphatic rings. The number of hydrogen-bond acceptors (Lipinski definition) is 6. The summed E-state index contributed by atoms with van der Waals surface area (Å²) in [6.07, 6.45) is 0. The van der Waals surface area contributed by atoms with Crippen molar-refractivity contribution in [2.45, 2.75) is 19.6 Å². The maximum absolute atomic E-state index is 5.55. The molecular formula is C30H37N3O3. The summed E-state index contributed by atoms with van der Waals surface area (Å²) in [5, 5.41) is 0. The first kappa shape index (κ1) is 24.6. The minimum Gasteiger partial charge on any atom is -0.497 e. The van der Waals surface area contributed by atoms with E-state index in [0.29, 0.717) is 0 Å². The zero-order valence-corrected chi connectivity index (χ0v) is 21.3. The Hall–Kier alpha value is -3.06. The first-order chi connectivity index (χ1) is 17.8. The van der Waals surface area contributed by atoms with E-state index in [1.54, 1.807) is 7.11 Å². The topological polar surface area (TPSA) is 37.4 Å². The normalized spacial score (nSPS) is 16.6. The standard InChI is InChI=1S/C30H37N3O3/c1-34-30-10-4-7-27(21-30)24-33(23-26-6-3-8-28(20-26)32-13-17-36-18-14-32)29-9-2-5-25(19-29)22-31-11-15-35-16-12-31/h2-10,19-21H,11-18,22-24H2,1H3. The molecule has 0 aliphatic carbocycles. The molecule has 36 heavy (non-hydrogen) atoms. The quantitative estimate of drug-likeness (QED) is 0.440. The molecule has 6 nitrogen and oxygen atoms in total. The highest BCUT2D eigenvalue weighted by Gasteiger charge is 2.15. The van der Waals surface area contributed by atoms with Gasteiger partial charge >= 0.3 is 0 Å². The predicted octanol–water partition coefficient (Wildman–Crippen LogP) is 4.57. The molecule has 0 spiro atoms. The Morgan fingerprint density at radius 1 is 0.722 bits per heavy atom. The number of nitrogens with zero attached hydrogens (tertiary/aromatic N) is 3. The lowest BCUT2D eigenvalue weighted by atomic mass is 10.1. The Kier molecular flexibility index (Phi) is 8.39. The van der Waals surface area contributed by atoms with E-state index in [0.717, 1.165) is 78.0 Å². The van der Waals surface area contributed by atoms with E-state index in [9.17, 15) is 0 Å². The van der Waals surface area contributed by atoms with Gasteiger partial charge in [0.05, 0.1) is 33.5 Å². The summed E-state index contributed by atoms with van der Waals surface area (Å²) in [7, 11) is 1.73. The van der Waals surface area contributed by atoms with Gasteiger partial charge in [-0.05, 0) is 53.1 Å². The highest BCUT2D eigenvalue weighted by atomic mass is 16.5. The Morgan fingerprint density at radius 3 is 2.11 bits per heavy atom. The third-order valence-corrected chi connectivity index (χ3v) is 6.95. The van der Waals surface area contributed by atoms with Crippen molar-refractivity contribution in [3.05, 3.63) is 89.5 Å². The van der Waals surface area contributed by atoms with Crippen molar-refractivity contribution in [1.29, 1.82) is 0 Å². The molecule has 3 aromatic carbocycles. The number of anilines is 2. The number of ether oxygens (including phenoxy) is 3. The predicted molar refractivity (Wildman–Crippen MR) is 145 cm³/mol. The summed E-state index contributed by atoms with van der Waals surface area (Å²) >= 11 is 0. The van der Waals surface area contributed by atoms with E-state index in [2.05, 4.69) is 81.4 Å². The van der Waals surface area contributed by atoms with Crippen LogP contribution in [0, 0.1) is 0 Å². The Bertz CT molecular complexity index is 1110. The van der Waals surface area contributed by atoms with Gasteiger partial charge in [0, 0.05) is 57.2 Å². The second-order valence-electron chi connectivity index (χ2n) is 9.54. The molecule has 6 heteroatoms. The zero-order chi connectivity index (χ0) is 24.6. The van der Waals surface area contributed by atoms with Crippen molar-refractivity contribution in [1.82, 2.24) is 4.90 Å². The van der Waals surface area contributed by atoms with Gasteiger partial charge in [0.1, 0.15) is 5.75 Å². The van der Waals surface area contributed by atoms with Crippen molar-refractivity contribution < 1.29 is 14.2 Å². The molecule has 3 aromatic rings. The van der Waals surface area contributed by atoms with Gasteiger partial charge < -0.3 is 24.0 Å². The molecule has 0 aromatic heterocycles. The van der Waals surface area contributed by atoms with E-state index in [4.69, 9.17) is 14.2 Å². The largest absolute Gasteiger partial charge is 0.497 e. The summed E-state index contributed by atoms with van der Waals surface area (Å²) in [5.74, 6) is 0.892. The van der Waals surface area contributed by atoms with Crippen LogP contribution >= 0.6 is 0 Å². The lowest BCUT2D eigenvalue weighted by Gasteiger charge is -2.30. The minimum absolute atomic E-state index is 0.794. The van der Waals surface area contributed by atoms with Crippen LogP contribution in [-0.2, 0) is 29.1 Å². The van der Waals surface area contributed by atoms with E-state index >= 15 is 0 Å². The van der Waals surface area contributed by atoms with Gasteiger partial charge in [-0.25, -0.2) is 0 Å². The second kappa shape index (κ2) is 12.3. The zero-order valence-electron chi connectivity index (χ0n) is 21.3. The number of hydrogen-bond donors (Lipinski definition) is 0. The highest BCUT2D eigenvalue weighted by Crippen LogP contribution is 2.26. The first-order valence-electron chi connectivity index (χ1n) is 13.0. The molecule has 190 valence electrons. The second-order valence-corrected chi connectivity index (χ2v) is 9.54. The third-order valence-electron chi connectivity index (χ3n) is 6.95. The molecule has 0 radical (unpaired) electrons. The molecule has 5 rings (SSSR count). The van der Waals surface area contributed by atoms with Crippen LogP contribution in [0.5, 0.6) is 5.75 Å². The molecule has 0 unspecified atom stereocenters. The summed E-state index contributed by atoms with van der Waals surface area (Å²) in [4.78, 5) is 7.36. The fourth-order valence-electron chi connectivity index (χ4n) is 4.99. The molecule has 2 aliphatic heterocycles. The highest BCUT2D eigenvalue weighted by molar-refractivity contribution is 5.53. The summed E-state index contributed by atoms with van der Waals surface area (Å²) < 4.78 is 16.6. The lowest BCUT2D eigenvalue weighted by molar-refractivity contribution is 0.0342. The van der Waals surface area contributed by atoms with E-state index in [1.807, 2.05) is 6.07 Å². The van der Waals surface area contributed by atoms with Gasteiger partial charge in [0.25, 0.3) is 0 Å². The van der Waals surface area contributed by atoms with E-state index in [-0.39, 0.29) is 0 Å². The average Bonchev–Trinajstić information content (AvgIpc) is 2.94. The molecule has 2 heterocycles. The van der Waals surface area contributed by atoms with Crippen LogP contribution in [0.1, 0.15) is 16.7 Å². The molecule has 2 fully saturated rings. The van der Waals surface area contributed by atoms with Crippen molar-refractivity contribution >= 4 is 11.4 Å². The molecule has 0 saturated carbocycles. The van der Waals surface area contributed by atoms with E-state index in [1.165, 1.54) is 28.1 Å². The molecule has 2 saturated heterocycles. The lowest BCUT2D eigenvalue weighted by Crippen LogP contribution is -2.36. The third kappa shape index (κ3) is 6.58. The van der Waals surface area contributed by atoms with Crippen molar-refractivity contribution in [2.75, 3.05) is 69.5 Å². The molecule has 0 amide bonds. The maximum Gasteiger partial charge on any atom is 0.119 e. The summed E-state index contributed by atoms with van der Waals surface area (Å²) in [6.45, 7) is 9.69. The average molecular weight is 488 g/mol. The van der Waals surface area contributed by atoms with Gasteiger partial charge in [-0.15, -0.1) is 0 Å². The molecule has 0 bridgehead atoms. The van der Waals surface area contributed by atoms with Crippen molar-refractivity contribution in [3.8, 4) is 5.75 Å². The maximum atomic E-state index is 5.55. The fourth-order valence-corrected chi connectivity index (χ4v) is 4.99. The van der Waals surface area contributed by atoms with Crippen molar-refractivity contribution in [2.24, 2.45) is 0 Å². The minimum atomic E-state index is 0.794. The van der Waals surface area contributed by atoms with Crippen LogP contribution in [0.3, 0.4) is 0 Å². The number of benzene rings is 3. The van der Waals surface area contributed by atoms with Crippen LogP contribution < -0.4 is 14.5 Å². The van der Waals surface area contributed by atoms with Crippen LogP contribution in [0.4, 0.5) is 11.4 Å².